The van der Waals surface area contributed by atoms with Crippen LogP contribution in [0.3, 0.4) is 0 Å². The number of aryl methyl sites for hydroxylation is 1. The summed E-state index contributed by atoms with van der Waals surface area (Å²) in [7, 11) is -3.71. The number of benzene rings is 2. The van der Waals surface area contributed by atoms with Crippen LogP contribution in [0.1, 0.15) is 17.5 Å². The molecule has 0 atom stereocenters. The molecule has 0 saturated heterocycles. The molecule has 0 radical (unpaired) electrons. The first-order valence-electron chi connectivity index (χ1n) is 8.95. The number of rotatable bonds is 3. The molecule has 0 unspecified atom stereocenters. The van der Waals surface area contributed by atoms with E-state index in [4.69, 9.17) is 10.1 Å². The number of sulfonamides is 1. The molecule has 2 aliphatic rings. The average molecular weight is 412 g/mol. The topological polar surface area (TPSA) is 93.4 Å². The van der Waals surface area contributed by atoms with E-state index in [1.54, 1.807) is 12.1 Å². The lowest BCUT2D eigenvalue weighted by Crippen LogP contribution is -2.31. The van der Waals surface area contributed by atoms with Gasteiger partial charge in [0.2, 0.25) is 15.9 Å². The van der Waals surface area contributed by atoms with Crippen molar-refractivity contribution in [2.24, 2.45) is 5.14 Å². The van der Waals surface area contributed by atoms with Crippen LogP contribution in [0.5, 0.6) is 0 Å². The second-order valence-electron chi connectivity index (χ2n) is 7.08. The minimum Gasteiger partial charge on any atom is -0.312 e. The van der Waals surface area contributed by atoms with Crippen molar-refractivity contribution in [1.29, 1.82) is 0 Å². The summed E-state index contributed by atoms with van der Waals surface area (Å²) in [6.07, 6.45) is 2.43. The van der Waals surface area contributed by atoms with Gasteiger partial charge in [-0.15, -0.1) is 11.3 Å². The van der Waals surface area contributed by atoms with Crippen LogP contribution in [0.15, 0.2) is 46.7 Å². The molecule has 5 rings (SSSR count). The Kier molecular flexibility index (Phi) is 3.90. The summed E-state index contributed by atoms with van der Waals surface area (Å²) < 4.78 is 22.8. The number of hydrogen-bond acceptors (Lipinski definition) is 5. The van der Waals surface area contributed by atoms with E-state index in [9.17, 15) is 13.2 Å². The zero-order valence-electron chi connectivity index (χ0n) is 14.9. The van der Waals surface area contributed by atoms with Crippen molar-refractivity contribution in [2.45, 2.75) is 24.2 Å². The Balaban J connectivity index is 1.51. The second-order valence-corrected chi connectivity index (χ2v) is 9.50. The van der Waals surface area contributed by atoms with E-state index in [1.807, 2.05) is 10.3 Å². The number of primary sulfonamides is 1. The van der Waals surface area contributed by atoms with Gasteiger partial charge in [-0.05, 0) is 48.2 Å². The molecule has 2 aromatic carbocycles. The number of carbonyl (C=O) groups is 1. The SMILES string of the molecule is NS(=O)(=O)c1ccc(-c2nc(-c3cc4c5c(c3)CC(=O)N5CCC4)cs2)cc1. The molecule has 1 amide bonds. The Morgan fingerprint density at radius 1 is 1.07 bits per heavy atom. The van der Waals surface area contributed by atoms with Crippen molar-refractivity contribution in [2.75, 3.05) is 11.4 Å². The standard InChI is InChI=1S/C20H17N3O3S2/c21-28(25,26)16-5-3-12(4-6-16)20-22-17(11-27-20)14-8-13-2-1-7-23-18(24)10-15(9-14)19(13)23/h3-6,8-9,11H,1-2,7,10H2,(H2,21,25,26). The number of carbonyl (C=O) groups excluding carboxylic acids is 1. The maximum Gasteiger partial charge on any atom is 0.238 e. The third-order valence-corrected chi connectivity index (χ3v) is 7.06. The highest BCUT2D eigenvalue weighted by Crippen LogP contribution is 2.40. The molecule has 3 heterocycles. The summed E-state index contributed by atoms with van der Waals surface area (Å²) in [5.74, 6) is 0.182. The number of nitrogens with two attached hydrogens (primary N) is 1. The number of hydrogen-bond donors (Lipinski definition) is 1. The molecular formula is C20H17N3O3S2. The van der Waals surface area contributed by atoms with Crippen molar-refractivity contribution in [3.63, 3.8) is 0 Å². The molecule has 0 fully saturated rings. The zero-order valence-corrected chi connectivity index (χ0v) is 16.5. The normalized spacial score (nSPS) is 15.8. The largest absolute Gasteiger partial charge is 0.312 e. The summed E-state index contributed by atoms with van der Waals surface area (Å²) in [6, 6.07) is 10.6. The first-order valence-corrected chi connectivity index (χ1v) is 11.4. The van der Waals surface area contributed by atoms with E-state index in [-0.39, 0.29) is 10.8 Å². The first-order chi connectivity index (χ1) is 13.4. The number of thiazole rings is 1. The molecule has 142 valence electrons. The van der Waals surface area contributed by atoms with Crippen LogP contribution in [0.2, 0.25) is 0 Å². The van der Waals surface area contributed by atoms with Gasteiger partial charge < -0.3 is 4.90 Å². The van der Waals surface area contributed by atoms with Crippen molar-refractivity contribution in [3.05, 3.63) is 52.9 Å². The Hall–Kier alpha value is -2.55. The van der Waals surface area contributed by atoms with Crippen molar-refractivity contribution < 1.29 is 13.2 Å². The van der Waals surface area contributed by atoms with Crippen LogP contribution in [0, 0.1) is 0 Å². The summed E-state index contributed by atoms with van der Waals surface area (Å²) in [4.78, 5) is 19.0. The van der Waals surface area contributed by atoms with E-state index in [0.717, 1.165) is 52.5 Å². The number of nitrogens with zero attached hydrogens (tertiary/aromatic N) is 2. The number of amides is 1. The Labute approximate surface area is 166 Å². The number of anilines is 1. The van der Waals surface area contributed by atoms with E-state index in [0.29, 0.717) is 6.42 Å². The summed E-state index contributed by atoms with van der Waals surface area (Å²) in [5.41, 5.74) is 6.14. The minimum absolute atomic E-state index is 0.0833. The van der Waals surface area contributed by atoms with Crippen molar-refractivity contribution in [3.8, 4) is 21.8 Å². The van der Waals surface area contributed by atoms with Crippen LogP contribution in [-0.4, -0.2) is 25.9 Å². The van der Waals surface area contributed by atoms with Gasteiger partial charge in [0.15, 0.2) is 0 Å². The second kappa shape index (κ2) is 6.23. The van der Waals surface area contributed by atoms with Gasteiger partial charge in [-0.1, -0.05) is 12.1 Å². The lowest BCUT2D eigenvalue weighted by atomic mass is 9.96. The Morgan fingerprint density at radius 2 is 1.82 bits per heavy atom. The molecule has 6 nitrogen and oxygen atoms in total. The first kappa shape index (κ1) is 17.5. The van der Waals surface area contributed by atoms with Gasteiger partial charge in [0, 0.05) is 23.1 Å². The molecular weight excluding hydrogens is 394 g/mol. The van der Waals surface area contributed by atoms with Gasteiger partial charge in [0.05, 0.1) is 22.7 Å². The summed E-state index contributed by atoms with van der Waals surface area (Å²) in [6.45, 7) is 0.813. The van der Waals surface area contributed by atoms with Crippen molar-refractivity contribution in [1.82, 2.24) is 4.98 Å². The highest BCUT2D eigenvalue weighted by molar-refractivity contribution is 7.89. The predicted molar refractivity (Wildman–Crippen MR) is 109 cm³/mol. The van der Waals surface area contributed by atoms with E-state index < -0.39 is 10.0 Å². The molecule has 2 aliphatic heterocycles. The maximum absolute atomic E-state index is 12.2. The molecule has 2 N–H and O–H groups in total. The van der Waals surface area contributed by atoms with Gasteiger partial charge in [0.1, 0.15) is 5.01 Å². The lowest BCUT2D eigenvalue weighted by molar-refractivity contribution is -0.117. The molecule has 8 heteroatoms. The fraction of sp³-hybridized carbons (Fsp3) is 0.200. The van der Waals surface area contributed by atoms with Crippen LogP contribution in [-0.2, 0) is 27.7 Å². The number of aromatic nitrogens is 1. The van der Waals surface area contributed by atoms with Crippen LogP contribution >= 0.6 is 11.3 Å². The van der Waals surface area contributed by atoms with Crippen LogP contribution in [0.4, 0.5) is 5.69 Å². The molecule has 0 spiro atoms. The van der Waals surface area contributed by atoms with Crippen LogP contribution in [0.25, 0.3) is 21.8 Å². The van der Waals surface area contributed by atoms with Gasteiger partial charge in [-0.2, -0.15) is 0 Å². The maximum atomic E-state index is 12.2. The predicted octanol–water partition coefficient (Wildman–Crippen LogP) is 2.96. The fourth-order valence-electron chi connectivity index (χ4n) is 3.95. The Bertz CT molecular complexity index is 1210. The third-order valence-electron chi connectivity index (χ3n) is 5.24. The van der Waals surface area contributed by atoms with E-state index in [2.05, 4.69) is 12.1 Å². The van der Waals surface area contributed by atoms with E-state index in [1.165, 1.54) is 29.0 Å². The quantitative estimate of drug-likeness (QED) is 0.717. The highest BCUT2D eigenvalue weighted by Gasteiger charge is 2.32. The van der Waals surface area contributed by atoms with Gasteiger partial charge >= 0.3 is 0 Å². The van der Waals surface area contributed by atoms with Gasteiger partial charge in [-0.3, -0.25) is 4.79 Å². The average Bonchev–Trinajstić information content (AvgIpc) is 3.28. The van der Waals surface area contributed by atoms with Crippen LogP contribution < -0.4 is 10.0 Å². The van der Waals surface area contributed by atoms with E-state index >= 15 is 0 Å². The highest BCUT2D eigenvalue weighted by atomic mass is 32.2. The zero-order chi connectivity index (χ0) is 19.5. The van der Waals surface area contributed by atoms with Gasteiger partial charge in [-0.25, -0.2) is 18.5 Å². The molecule has 28 heavy (non-hydrogen) atoms. The minimum atomic E-state index is -3.71. The van der Waals surface area contributed by atoms with Gasteiger partial charge in [0.25, 0.3) is 0 Å². The van der Waals surface area contributed by atoms with Crippen molar-refractivity contribution >= 4 is 33.0 Å². The molecule has 0 aliphatic carbocycles. The fourth-order valence-corrected chi connectivity index (χ4v) is 5.30. The molecule has 3 aromatic rings. The third kappa shape index (κ3) is 2.85. The monoisotopic (exact) mass is 411 g/mol. The smallest absolute Gasteiger partial charge is 0.238 e. The summed E-state index contributed by atoms with van der Waals surface area (Å²) >= 11 is 1.50. The molecule has 0 bridgehead atoms. The molecule has 1 aromatic heterocycles. The molecule has 0 saturated carbocycles. The Morgan fingerprint density at radius 3 is 2.57 bits per heavy atom. The lowest BCUT2D eigenvalue weighted by Gasteiger charge is -2.25. The summed E-state index contributed by atoms with van der Waals surface area (Å²) in [5, 5.41) is 7.96.